The van der Waals surface area contributed by atoms with Crippen LogP contribution in [-0.2, 0) is 4.79 Å². The van der Waals surface area contributed by atoms with Gasteiger partial charge in [-0.1, -0.05) is 12.8 Å². The Labute approximate surface area is 120 Å². The molecule has 0 aliphatic heterocycles. The van der Waals surface area contributed by atoms with E-state index in [1.165, 1.54) is 50.7 Å². The molecule has 3 N–H and O–H groups in total. The van der Waals surface area contributed by atoms with Gasteiger partial charge < -0.3 is 10.6 Å². The van der Waals surface area contributed by atoms with Crippen LogP contribution < -0.4 is 10.6 Å². The summed E-state index contributed by atoms with van der Waals surface area (Å²) in [5.74, 6) is -0.304. The molecule has 0 heterocycles. The highest BCUT2D eigenvalue weighted by Crippen LogP contribution is 2.15. The first kappa shape index (κ1) is 15.0. The Morgan fingerprint density at radius 2 is 1.80 bits per heavy atom. The summed E-state index contributed by atoms with van der Waals surface area (Å²) in [5, 5.41) is 5.02. The molecule has 1 fully saturated rings. The SMILES string of the molecule is C[C@H]([NH2+]C1CCCCCC1)C(=O)Nc1ccc(F)cc1. The molecule has 0 unspecified atom stereocenters. The standard InChI is InChI=1S/C16H23FN2O/c1-12(18-14-6-4-2-3-5-7-14)16(20)19-15-10-8-13(17)9-11-15/h8-12,14,18H,2-7H2,1H3,(H,19,20)/p+1/t12-/m0/s1. The third kappa shape index (κ3) is 4.60. The van der Waals surface area contributed by atoms with Crippen molar-refractivity contribution in [3.05, 3.63) is 30.1 Å². The van der Waals surface area contributed by atoms with Crippen molar-refractivity contribution in [2.45, 2.75) is 57.5 Å². The molecule has 1 atom stereocenters. The Bertz CT molecular complexity index is 425. The average molecular weight is 279 g/mol. The summed E-state index contributed by atoms with van der Waals surface area (Å²) in [6.07, 6.45) is 7.59. The number of amides is 1. The Morgan fingerprint density at radius 1 is 1.20 bits per heavy atom. The van der Waals surface area contributed by atoms with Crippen molar-refractivity contribution in [2.24, 2.45) is 0 Å². The van der Waals surface area contributed by atoms with Crippen LogP contribution in [0.2, 0.25) is 0 Å². The van der Waals surface area contributed by atoms with E-state index in [1.807, 2.05) is 6.92 Å². The predicted molar refractivity (Wildman–Crippen MR) is 77.9 cm³/mol. The molecule has 1 aliphatic carbocycles. The number of quaternary nitrogens is 1. The lowest BCUT2D eigenvalue weighted by Gasteiger charge is -2.18. The smallest absolute Gasteiger partial charge is 0.282 e. The molecule has 0 saturated heterocycles. The van der Waals surface area contributed by atoms with E-state index in [4.69, 9.17) is 0 Å². The zero-order chi connectivity index (χ0) is 14.4. The summed E-state index contributed by atoms with van der Waals surface area (Å²) in [5.41, 5.74) is 0.650. The van der Waals surface area contributed by atoms with E-state index < -0.39 is 0 Å². The molecule has 1 saturated carbocycles. The van der Waals surface area contributed by atoms with Gasteiger partial charge in [0, 0.05) is 5.69 Å². The zero-order valence-corrected chi connectivity index (χ0v) is 12.1. The first-order valence-corrected chi connectivity index (χ1v) is 7.56. The van der Waals surface area contributed by atoms with Crippen LogP contribution in [-0.4, -0.2) is 18.0 Å². The minimum atomic E-state index is -0.291. The van der Waals surface area contributed by atoms with Gasteiger partial charge in [-0.05, 0) is 56.9 Å². The molecule has 1 amide bonds. The highest BCUT2D eigenvalue weighted by molar-refractivity contribution is 5.93. The molecule has 4 heteroatoms. The number of carbonyl (C=O) groups excluding carboxylic acids is 1. The number of halogens is 1. The molecule has 0 aromatic heterocycles. The monoisotopic (exact) mass is 279 g/mol. The van der Waals surface area contributed by atoms with Gasteiger partial charge >= 0.3 is 0 Å². The molecule has 3 nitrogen and oxygen atoms in total. The highest BCUT2D eigenvalue weighted by atomic mass is 19.1. The number of carbonyl (C=O) groups is 1. The van der Waals surface area contributed by atoms with Gasteiger partial charge in [-0.15, -0.1) is 0 Å². The number of hydrogen-bond donors (Lipinski definition) is 2. The van der Waals surface area contributed by atoms with E-state index in [9.17, 15) is 9.18 Å². The number of anilines is 1. The first-order valence-electron chi connectivity index (χ1n) is 7.56. The van der Waals surface area contributed by atoms with Crippen molar-refractivity contribution in [1.29, 1.82) is 0 Å². The Morgan fingerprint density at radius 3 is 2.40 bits per heavy atom. The largest absolute Gasteiger partial charge is 0.334 e. The summed E-state index contributed by atoms with van der Waals surface area (Å²) in [7, 11) is 0. The summed E-state index contributed by atoms with van der Waals surface area (Å²) >= 11 is 0. The Hall–Kier alpha value is -1.42. The predicted octanol–water partition coefficient (Wildman–Crippen LogP) is 2.44. The maximum atomic E-state index is 12.8. The normalized spacial score (nSPS) is 18.3. The summed E-state index contributed by atoms with van der Waals surface area (Å²) in [6.45, 7) is 1.93. The van der Waals surface area contributed by atoms with Gasteiger partial charge in [-0.3, -0.25) is 4.79 Å². The number of benzene rings is 1. The van der Waals surface area contributed by atoms with Crippen molar-refractivity contribution in [2.75, 3.05) is 5.32 Å². The molecule has 0 radical (unpaired) electrons. The van der Waals surface area contributed by atoms with E-state index >= 15 is 0 Å². The van der Waals surface area contributed by atoms with Gasteiger partial charge in [0.2, 0.25) is 0 Å². The molecule has 20 heavy (non-hydrogen) atoms. The first-order chi connectivity index (χ1) is 9.65. The minimum Gasteiger partial charge on any atom is -0.334 e. The van der Waals surface area contributed by atoms with Gasteiger partial charge in [-0.2, -0.15) is 0 Å². The summed E-state index contributed by atoms with van der Waals surface area (Å²) in [4.78, 5) is 12.1. The Kier molecular flexibility index (Phi) is 5.53. The molecular formula is C16H24FN2O+. The minimum absolute atomic E-state index is 0.0131. The summed E-state index contributed by atoms with van der Waals surface area (Å²) < 4.78 is 12.8. The highest BCUT2D eigenvalue weighted by Gasteiger charge is 2.22. The van der Waals surface area contributed by atoms with Crippen LogP contribution in [0.1, 0.15) is 45.4 Å². The van der Waals surface area contributed by atoms with E-state index in [-0.39, 0.29) is 17.8 Å². The maximum Gasteiger partial charge on any atom is 0.282 e. The number of nitrogens with one attached hydrogen (secondary N) is 1. The topological polar surface area (TPSA) is 45.7 Å². The Balaban J connectivity index is 1.83. The van der Waals surface area contributed by atoms with Gasteiger partial charge in [0.05, 0.1) is 6.04 Å². The van der Waals surface area contributed by atoms with Crippen molar-refractivity contribution in [1.82, 2.24) is 0 Å². The van der Waals surface area contributed by atoms with E-state index in [0.717, 1.165) is 0 Å². The second kappa shape index (κ2) is 7.39. The van der Waals surface area contributed by atoms with E-state index in [2.05, 4.69) is 10.6 Å². The van der Waals surface area contributed by atoms with Crippen molar-refractivity contribution < 1.29 is 14.5 Å². The van der Waals surface area contributed by atoms with Crippen LogP contribution >= 0.6 is 0 Å². The van der Waals surface area contributed by atoms with Crippen LogP contribution in [0.25, 0.3) is 0 Å². The molecule has 110 valence electrons. The van der Waals surface area contributed by atoms with Crippen molar-refractivity contribution >= 4 is 11.6 Å². The van der Waals surface area contributed by atoms with Gasteiger partial charge in [-0.25, -0.2) is 4.39 Å². The third-order valence-corrected chi connectivity index (χ3v) is 3.99. The van der Waals surface area contributed by atoms with E-state index in [0.29, 0.717) is 11.7 Å². The molecule has 1 aromatic carbocycles. The third-order valence-electron chi connectivity index (χ3n) is 3.99. The van der Waals surface area contributed by atoms with Crippen molar-refractivity contribution in [3.63, 3.8) is 0 Å². The van der Waals surface area contributed by atoms with Gasteiger partial charge in [0.25, 0.3) is 5.91 Å². The van der Waals surface area contributed by atoms with Crippen LogP contribution in [0, 0.1) is 5.82 Å². The number of rotatable bonds is 4. The molecular weight excluding hydrogens is 255 g/mol. The lowest BCUT2D eigenvalue weighted by Crippen LogP contribution is -2.96. The molecule has 2 rings (SSSR count). The fourth-order valence-corrected chi connectivity index (χ4v) is 2.79. The number of hydrogen-bond acceptors (Lipinski definition) is 1. The quantitative estimate of drug-likeness (QED) is 0.817. The van der Waals surface area contributed by atoms with Gasteiger partial charge in [0.1, 0.15) is 5.82 Å². The fourth-order valence-electron chi connectivity index (χ4n) is 2.79. The fraction of sp³-hybridized carbons (Fsp3) is 0.562. The molecule has 1 aliphatic rings. The van der Waals surface area contributed by atoms with Gasteiger partial charge in [0.15, 0.2) is 6.04 Å². The second-order valence-electron chi connectivity index (χ2n) is 5.73. The molecule has 1 aromatic rings. The average Bonchev–Trinajstić information content (AvgIpc) is 2.70. The van der Waals surface area contributed by atoms with Crippen molar-refractivity contribution in [3.8, 4) is 0 Å². The lowest BCUT2D eigenvalue weighted by atomic mass is 10.1. The molecule has 0 bridgehead atoms. The second-order valence-corrected chi connectivity index (χ2v) is 5.73. The maximum absolute atomic E-state index is 12.8. The van der Waals surface area contributed by atoms with Crippen LogP contribution in [0.15, 0.2) is 24.3 Å². The van der Waals surface area contributed by atoms with Crippen LogP contribution in [0.5, 0.6) is 0 Å². The number of nitrogens with two attached hydrogens (primary N) is 1. The molecule has 0 spiro atoms. The lowest BCUT2D eigenvalue weighted by molar-refractivity contribution is -0.707. The van der Waals surface area contributed by atoms with Crippen LogP contribution in [0.3, 0.4) is 0 Å². The zero-order valence-electron chi connectivity index (χ0n) is 12.1. The van der Waals surface area contributed by atoms with Crippen LogP contribution in [0.4, 0.5) is 10.1 Å². The van der Waals surface area contributed by atoms with E-state index in [1.54, 1.807) is 12.1 Å². The summed E-state index contributed by atoms with van der Waals surface area (Å²) in [6, 6.07) is 6.34.